The molecule has 2 atom stereocenters. The molecule has 162 valence electrons. The van der Waals surface area contributed by atoms with E-state index in [1.165, 1.54) is 4.90 Å². The predicted octanol–water partition coefficient (Wildman–Crippen LogP) is 2.31. The van der Waals surface area contributed by atoms with Crippen LogP contribution in [-0.4, -0.2) is 46.7 Å². The molecule has 1 aromatic carbocycles. The van der Waals surface area contributed by atoms with Gasteiger partial charge in [-0.25, -0.2) is 17.6 Å². The highest BCUT2D eigenvalue weighted by atomic mass is 19.2. The standard InChI is InChI=1S/C19H20F4N4O3/c20-12-7-14(22)13(21)5-10(12)4-11(24)6-16(28)27-3-1-2-15(27)17-25-18(26-30-17)19(23)8-29-9-19/h5,7,11,15H,1-4,6,8-9,24H2/t11-,15+/m1/s1. The van der Waals surface area contributed by atoms with Crippen molar-refractivity contribution in [1.29, 1.82) is 0 Å². The van der Waals surface area contributed by atoms with Crippen LogP contribution in [0.2, 0.25) is 0 Å². The van der Waals surface area contributed by atoms with Crippen LogP contribution in [0.3, 0.4) is 0 Å². The van der Waals surface area contributed by atoms with Crippen molar-refractivity contribution >= 4 is 5.91 Å². The smallest absolute Gasteiger partial charge is 0.249 e. The normalized spacial score (nSPS) is 21.5. The number of alkyl halides is 1. The van der Waals surface area contributed by atoms with Crippen LogP contribution in [-0.2, 0) is 21.6 Å². The van der Waals surface area contributed by atoms with Crippen LogP contribution in [0.4, 0.5) is 17.6 Å². The van der Waals surface area contributed by atoms with E-state index < -0.39 is 35.2 Å². The van der Waals surface area contributed by atoms with Gasteiger partial charge in [0, 0.05) is 25.1 Å². The van der Waals surface area contributed by atoms with Crippen molar-refractivity contribution in [3.05, 3.63) is 46.9 Å². The summed E-state index contributed by atoms with van der Waals surface area (Å²) >= 11 is 0. The molecule has 0 radical (unpaired) electrons. The van der Waals surface area contributed by atoms with Gasteiger partial charge in [-0.05, 0) is 30.9 Å². The third-order valence-corrected chi connectivity index (χ3v) is 5.37. The monoisotopic (exact) mass is 428 g/mol. The largest absolute Gasteiger partial charge is 0.374 e. The summed E-state index contributed by atoms with van der Waals surface area (Å²) in [5.41, 5.74) is 4.08. The van der Waals surface area contributed by atoms with Crippen molar-refractivity contribution < 1.29 is 31.6 Å². The minimum atomic E-state index is -1.77. The number of nitrogens with zero attached hydrogens (tertiary/aromatic N) is 3. The SMILES string of the molecule is N[C@@H](CC(=O)N1CCC[C@H]1c1nc(C2(F)COC2)no1)Cc1cc(F)c(F)cc1F. The number of benzene rings is 1. The van der Waals surface area contributed by atoms with Crippen LogP contribution >= 0.6 is 0 Å². The minimum Gasteiger partial charge on any atom is -0.374 e. The van der Waals surface area contributed by atoms with Gasteiger partial charge in [0.25, 0.3) is 0 Å². The molecule has 1 aromatic heterocycles. The number of hydrogen-bond acceptors (Lipinski definition) is 6. The molecule has 0 bridgehead atoms. The first kappa shape index (κ1) is 20.7. The van der Waals surface area contributed by atoms with Gasteiger partial charge in [-0.3, -0.25) is 4.79 Å². The van der Waals surface area contributed by atoms with E-state index in [1.807, 2.05) is 0 Å². The molecule has 0 saturated carbocycles. The van der Waals surface area contributed by atoms with Crippen molar-refractivity contribution in [1.82, 2.24) is 15.0 Å². The number of carbonyl (C=O) groups excluding carboxylic acids is 1. The van der Waals surface area contributed by atoms with Crippen LogP contribution < -0.4 is 5.73 Å². The van der Waals surface area contributed by atoms with E-state index in [4.69, 9.17) is 15.0 Å². The van der Waals surface area contributed by atoms with Gasteiger partial charge >= 0.3 is 0 Å². The van der Waals surface area contributed by atoms with E-state index >= 15 is 0 Å². The number of carbonyl (C=O) groups is 1. The third-order valence-electron chi connectivity index (χ3n) is 5.37. The maximum atomic E-state index is 14.4. The molecule has 2 aromatic rings. The molecule has 3 heterocycles. The topological polar surface area (TPSA) is 94.5 Å². The van der Waals surface area contributed by atoms with E-state index in [0.29, 0.717) is 25.5 Å². The fourth-order valence-corrected chi connectivity index (χ4v) is 3.70. The molecule has 0 spiro atoms. The van der Waals surface area contributed by atoms with Gasteiger partial charge < -0.3 is 19.9 Å². The fraction of sp³-hybridized carbons (Fsp3) is 0.526. The summed E-state index contributed by atoms with van der Waals surface area (Å²) in [6.45, 7) is 0.140. The van der Waals surface area contributed by atoms with Gasteiger partial charge in [0.2, 0.25) is 23.3 Å². The number of likely N-dealkylation sites (tertiary alicyclic amines) is 1. The van der Waals surface area contributed by atoms with Gasteiger partial charge in [0.1, 0.15) is 11.9 Å². The molecular formula is C19H20F4N4O3. The zero-order valence-electron chi connectivity index (χ0n) is 15.9. The Kier molecular flexibility index (Phi) is 5.49. The highest BCUT2D eigenvalue weighted by Gasteiger charge is 2.46. The van der Waals surface area contributed by atoms with Crippen LogP contribution in [0.15, 0.2) is 16.7 Å². The zero-order chi connectivity index (χ0) is 21.5. The van der Waals surface area contributed by atoms with Crippen LogP contribution in [0.1, 0.15) is 42.6 Å². The Morgan fingerprint density at radius 1 is 1.27 bits per heavy atom. The Bertz CT molecular complexity index is 950. The first-order chi connectivity index (χ1) is 14.3. The first-order valence-corrected chi connectivity index (χ1v) is 9.56. The van der Waals surface area contributed by atoms with Crippen LogP contribution in [0.5, 0.6) is 0 Å². The molecule has 2 N–H and O–H groups in total. The Morgan fingerprint density at radius 3 is 2.70 bits per heavy atom. The third kappa shape index (κ3) is 3.91. The molecular weight excluding hydrogens is 408 g/mol. The summed E-state index contributed by atoms with van der Waals surface area (Å²) in [5.74, 6) is -3.68. The number of rotatable bonds is 6. The quantitative estimate of drug-likeness (QED) is 0.561. The van der Waals surface area contributed by atoms with Crippen LogP contribution in [0.25, 0.3) is 0 Å². The molecule has 2 aliphatic heterocycles. The van der Waals surface area contributed by atoms with Crippen LogP contribution in [0, 0.1) is 17.5 Å². The molecule has 30 heavy (non-hydrogen) atoms. The summed E-state index contributed by atoms with van der Waals surface area (Å²) in [7, 11) is 0. The second kappa shape index (κ2) is 7.95. The van der Waals surface area contributed by atoms with E-state index in [1.54, 1.807) is 0 Å². The van der Waals surface area contributed by atoms with Gasteiger partial charge in [-0.15, -0.1) is 0 Å². The van der Waals surface area contributed by atoms with Gasteiger partial charge in [-0.1, -0.05) is 5.16 Å². The molecule has 11 heteroatoms. The molecule has 2 saturated heterocycles. The lowest BCUT2D eigenvalue weighted by Gasteiger charge is -2.30. The Hall–Kier alpha value is -2.53. The lowest BCUT2D eigenvalue weighted by Crippen LogP contribution is -2.43. The lowest BCUT2D eigenvalue weighted by atomic mass is 10.0. The molecule has 1 amide bonds. The highest BCUT2D eigenvalue weighted by molar-refractivity contribution is 5.77. The minimum absolute atomic E-state index is 0.103. The molecule has 4 rings (SSSR count). The Morgan fingerprint density at radius 2 is 2.00 bits per heavy atom. The van der Waals surface area contributed by atoms with E-state index in [9.17, 15) is 22.4 Å². The number of amides is 1. The Balaban J connectivity index is 1.41. The second-order valence-corrected chi connectivity index (χ2v) is 7.69. The number of ether oxygens (including phenoxy) is 1. The van der Waals surface area contributed by atoms with Crippen molar-refractivity contribution in [2.45, 2.75) is 43.4 Å². The van der Waals surface area contributed by atoms with Crippen molar-refractivity contribution in [2.75, 3.05) is 19.8 Å². The predicted molar refractivity (Wildman–Crippen MR) is 94.2 cm³/mol. The zero-order valence-corrected chi connectivity index (χ0v) is 15.9. The summed E-state index contributed by atoms with van der Waals surface area (Å²) < 4.78 is 64.6. The number of halogens is 4. The average molecular weight is 428 g/mol. The summed E-state index contributed by atoms with van der Waals surface area (Å²) in [4.78, 5) is 18.4. The summed E-state index contributed by atoms with van der Waals surface area (Å²) in [5, 5.41) is 3.68. The number of nitrogens with two attached hydrogens (primary N) is 1. The number of hydrogen-bond donors (Lipinski definition) is 1. The van der Waals surface area contributed by atoms with E-state index in [-0.39, 0.29) is 49.2 Å². The maximum absolute atomic E-state index is 14.4. The van der Waals surface area contributed by atoms with Gasteiger partial charge in [0.15, 0.2) is 11.6 Å². The average Bonchev–Trinajstić information content (AvgIpc) is 3.33. The second-order valence-electron chi connectivity index (χ2n) is 7.69. The Labute approximate surface area is 169 Å². The first-order valence-electron chi connectivity index (χ1n) is 9.56. The molecule has 0 aliphatic carbocycles. The summed E-state index contributed by atoms with van der Waals surface area (Å²) in [6, 6.07) is -0.119. The molecule has 2 fully saturated rings. The van der Waals surface area contributed by atoms with E-state index in [2.05, 4.69) is 10.1 Å². The molecule has 7 nitrogen and oxygen atoms in total. The van der Waals surface area contributed by atoms with E-state index in [0.717, 1.165) is 6.07 Å². The molecule has 2 aliphatic rings. The lowest BCUT2D eigenvalue weighted by molar-refractivity contribution is -0.140. The van der Waals surface area contributed by atoms with Crippen molar-refractivity contribution in [2.24, 2.45) is 5.73 Å². The van der Waals surface area contributed by atoms with Gasteiger partial charge in [0.05, 0.1) is 13.2 Å². The maximum Gasteiger partial charge on any atom is 0.249 e. The fourth-order valence-electron chi connectivity index (χ4n) is 3.70. The number of aromatic nitrogens is 2. The summed E-state index contributed by atoms with van der Waals surface area (Å²) in [6.07, 6.45) is 0.973. The molecule has 0 unspecified atom stereocenters. The highest BCUT2D eigenvalue weighted by Crippen LogP contribution is 2.36. The van der Waals surface area contributed by atoms with Crippen molar-refractivity contribution in [3.63, 3.8) is 0 Å². The van der Waals surface area contributed by atoms with Gasteiger partial charge in [-0.2, -0.15) is 4.98 Å². The van der Waals surface area contributed by atoms with Crippen molar-refractivity contribution in [3.8, 4) is 0 Å².